The number of hydrogen-bond donors (Lipinski definition) is 1. The van der Waals surface area contributed by atoms with Gasteiger partial charge in [-0.1, -0.05) is 12.1 Å². The standard InChI is InChI=1S/C15H10N4S/c16-9-20-12-7-5-11(6-8-12)19-15-13-3-1-2-4-14(13)17-10-18-15/h1-8,10H,(H,17,18,19). The molecule has 96 valence electrons. The molecule has 3 aromatic rings. The number of nitriles is 1. The second kappa shape index (κ2) is 5.59. The highest BCUT2D eigenvalue weighted by Crippen LogP contribution is 2.24. The fourth-order valence-electron chi connectivity index (χ4n) is 1.90. The molecule has 0 radical (unpaired) electrons. The first-order chi connectivity index (χ1) is 9.86. The van der Waals surface area contributed by atoms with Gasteiger partial charge in [-0.2, -0.15) is 5.26 Å². The van der Waals surface area contributed by atoms with Gasteiger partial charge in [0.15, 0.2) is 0 Å². The summed E-state index contributed by atoms with van der Waals surface area (Å²) < 4.78 is 0. The summed E-state index contributed by atoms with van der Waals surface area (Å²) in [5, 5.41) is 14.9. The third-order valence-corrected chi connectivity index (χ3v) is 3.42. The van der Waals surface area contributed by atoms with Crippen LogP contribution in [0.15, 0.2) is 59.8 Å². The lowest BCUT2D eigenvalue weighted by Crippen LogP contribution is -1.95. The van der Waals surface area contributed by atoms with Crippen molar-refractivity contribution < 1.29 is 0 Å². The molecular formula is C15H10N4S. The van der Waals surface area contributed by atoms with Crippen molar-refractivity contribution in [3.05, 3.63) is 54.9 Å². The number of aromatic nitrogens is 2. The number of rotatable bonds is 3. The lowest BCUT2D eigenvalue weighted by molar-refractivity contribution is 1.22. The van der Waals surface area contributed by atoms with Crippen LogP contribution in [0.2, 0.25) is 0 Å². The molecule has 0 aliphatic carbocycles. The molecule has 1 N–H and O–H groups in total. The molecule has 0 aliphatic heterocycles. The molecule has 20 heavy (non-hydrogen) atoms. The van der Waals surface area contributed by atoms with Crippen LogP contribution in [-0.2, 0) is 0 Å². The molecule has 0 bridgehead atoms. The summed E-state index contributed by atoms with van der Waals surface area (Å²) >= 11 is 1.14. The van der Waals surface area contributed by atoms with E-state index >= 15 is 0 Å². The quantitative estimate of drug-likeness (QED) is 0.580. The van der Waals surface area contributed by atoms with E-state index in [1.165, 1.54) is 0 Å². The highest BCUT2D eigenvalue weighted by atomic mass is 32.2. The number of para-hydroxylation sites is 1. The van der Waals surface area contributed by atoms with Gasteiger partial charge in [0, 0.05) is 16.0 Å². The molecule has 0 atom stereocenters. The SMILES string of the molecule is N#CSc1ccc(Nc2ncnc3ccccc23)cc1. The van der Waals surface area contributed by atoms with Gasteiger partial charge in [-0.05, 0) is 48.2 Å². The van der Waals surface area contributed by atoms with Gasteiger partial charge in [0.2, 0.25) is 0 Å². The largest absolute Gasteiger partial charge is 0.340 e. The Balaban J connectivity index is 1.91. The first kappa shape index (κ1) is 12.5. The molecule has 1 aromatic heterocycles. The lowest BCUT2D eigenvalue weighted by atomic mass is 10.2. The van der Waals surface area contributed by atoms with E-state index in [-0.39, 0.29) is 0 Å². The average Bonchev–Trinajstić information content (AvgIpc) is 2.50. The Hall–Kier alpha value is -2.58. The number of thioether (sulfide) groups is 1. The topological polar surface area (TPSA) is 61.6 Å². The van der Waals surface area contributed by atoms with Crippen LogP contribution in [0.3, 0.4) is 0 Å². The van der Waals surface area contributed by atoms with E-state index in [9.17, 15) is 0 Å². The Bertz CT molecular complexity index is 772. The van der Waals surface area contributed by atoms with Crippen molar-refractivity contribution in [3.8, 4) is 5.40 Å². The van der Waals surface area contributed by atoms with Crippen molar-refractivity contribution in [2.75, 3.05) is 5.32 Å². The smallest absolute Gasteiger partial charge is 0.141 e. The van der Waals surface area contributed by atoms with Crippen LogP contribution in [0, 0.1) is 10.7 Å². The minimum Gasteiger partial charge on any atom is -0.340 e. The van der Waals surface area contributed by atoms with Crippen LogP contribution >= 0.6 is 11.8 Å². The van der Waals surface area contributed by atoms with Crippen LogP contribution < -0.4 is 5.32 Å². The average molecular weight is 278 g/mol. The van der Waals surface area contributed by atoms with Crippen molar-refractivity contribution in [3.63, 3.8) is 0 Å². The second-order valence-electron chi connectivity index (χ2n) is 4.08. The highest BCUT2D eigenvalue weighted by molar-refractivity contribution is 8.03. The van der Waals surface area contributed by atoms with Crippen molar-refractivity contribution in [1.29, 1.82) is 5.26 Å². The lowest BCUT2D eigenvalue weighted by Gasteiger charge is -2.08. The van der Waals surface area contributed by atoms with Crippen molar-refractivity contribution >= 4 is 34.2 Å². The van der Waals surface area contributed by atoms with E-state index in [0.29, 0.717) is 0 Å². The van der Waals surface area contributed by atoms with Gasteiger partial charge < -0.3 is 5.32 Å². The molecular weight excluding hydrogens is 268 g/mol. The molecule has 0 saturated heterocycles. The van der Waals surface area contributed by atoms with Gasteiger partial charge in [-0.15, -0.1) is 0 Å². The number of fused-ring (bicyclic) bond motifs is 1. The Morgan fingerprint density at radius 3 is 2.60 bits per heavy atom. The maximum atomic E-state index is 8.62. The first-order valence-electron chi connectivity index (χ1n) is 5.99. The third-order valence-electron chi connectivity index (χ3n) is 2.82. The first-order valence-corrected chi connectivity index (χ1v) is 6.81. The van der Waals surface area contributed by atoms with Crippen LogP contribution in [0.1, 0.15) is 0 Å². The molecule has 0 saturated carbocycles. The maximum absolute atomic E-state index is 8.62. The van der Waals surface area contributed by atoms with Crippen LogP contribution in [-0.4, -0.2) is 9.97 Å². The Labute approximate surface area is 120 Å². The van der Waals surface area contributed by atoms with E-state index in [1.807, 2.05) is 48.5 Å². The van der Waals surface area contributed by atoms with Gasteiger partial charge >= 0.3 is 0 Å². The van der Waals surface area contributed by atoms with E-state index in [2.05, 4.69) is 20.7 Å². The number of nitrogens with one attached hydrogen (secondary N) is 1. The molecule has 3 rings (SSSR count). The minimum absolute atomic E-state index is 0.774. The molecule has 0 aliphatic rings. The van der Waals surface area contributed by atoms with Gasteiger partial charge in [0.05, 0.1) is 5.52 Å². The van der Waals surface area contributed by atoms with Gasteiger partial charge in [0.25, 0.3) is 0 Å². The van der Waals surface area contributed by atoms with Crippen molar-refractivity contribution in [2.24, 2.45) is 0 Å². The zero-order valence-corrected chi connectivity index (χ0v) is 11.3. The number of hydrogen-bond acceptors (Lipinski definition) is 5. The third kappa shape index (κ3) is 2.56. The molecule has 1 heterocycles. The van der Waals surface area contributed by atoms with E-state index in [0.717, 1.165) is 39.1 Å². The summed E-state index contributed by atoms with van der Waals surface area (Å²) in [4.78, 5) is 9.43. The zero-order chi connectivity index (χ0) is 13.8. The van der Waals surface area contributed by atoms with Crippen LogP contribution in [0.5, 0.6) is 0 Å². The van der Waals surface area contributed by atoms with Gasteiger partial charge in [0.1, 0.15) is 17.5 Å². The molecule has 0 spiro atoms. The van der Waals surface area contributed by atoms with E-state index in [1.54, 1.807) is 6.33 Å². The van der Waals surface area contributed by atoms with E-state index < -0.39 is 0 Å². The fourth-order valence-corrected chi connectivity index (χ4v) is 2.28. The molecule has 0 fully saturated rings. The van der Waals surface area contributed by atoms with Crippen LogP contribution in [0.25, 0.3) is 10.9 Å². The number of anilines is 2. The zero-order valence-electron chi connectivity index (χ0n) is 10.4. The highest BCUT2D eigenvalue weighted by Gasteiger charge is 2.03. The summed E-state index contributed by atoms with van der Waals surface area (Å²) in [6.07, 6.45) is 1.55. The van der Waals surface area contributed by atoms with Crippen molar-refractivity contribution in [1.82, 2.24) is 9.97 Å². The van der Waals surface area contributed by atoms with Crippen LogP contribution in [0.4, 0.5) is 11.5 Å². The second-order valence-corrected chi connectivity index (χ2v) is 4.94. The summed E-state index contributed by atoms with van der Waals surface area (Å²) in [5.74, 6) is 0.774. The predicted molar refractivity (Wildman–Crippen MR) is 80.7 cm³/mol. The Morgan fingerprint density at radius 1 is 1.00 bits per heavy atom. The maximum Gasteiger partial charge on any atom is 0.141 e. The van der Waals surface area contributed by atoms with Crippen molar-refractivity contribution in [2.45, 2.75) is 4.90 Å². The molecule has 2 aromatic carbocycles. The predicted octanol–water partition coefficient (Wildman–Crippen LogP) is 3.95. The molecule has 0 unspecified atom stereocenters. The molecule has 4 nitrogen and oxygen atoms in total. The van der Waals surface area contributed by atoms with Gasteiger partial charge in [-0.25, -0.2) is 9.97 Å². The van der Waals surface area contributed by atoms with Gasteiger partial charge in [-0.3, -0.25) is 0 Å². The van der Waals surface area contributed by atoms with E-state index in [4.69, 9.17) is 5.26 Å². The normalized spacial score (nSPS) is 10.2. The summed E-state index contributed by atoms with van der Waals surface area (Å²) in [6.45, 7) is 0. The number of nitrogens with zero attached hydrogens (tertiary/aromatic N) is 3. The summed E-state index contributed by atoms with van der Waals surface area (Å²) in [6, 6.07) is 15.5. The minimum atomic E-state index is 0.774. The molecule has 5 heteroatoms. The summed E-state index contributed by atoms with van der Waals surface area (Å²) in [7, 11) is 0. The monoisotopic (exact) mass is 278 g/mol. The fraction of sp³-hybridized carbons (Fsp3) is 0. The number of benzene rings is 2. The number of thiocyanates is 1. The Kier molecular flexibility index (Phi) is 3.48. The summed E-state index contributed by atoms with van der Waals surface area (Å²) in [5.41, 5.74) is 1.83. The Morgan fingerprint density at radius 2 is 1.80 bits per heavy atom. The molecule has 0 amide bonds.